The van der Waals surface area contributed by atoms with E-state index in [9.17, 15) is 19.2 Å². The number of amides is 2. The number of carbonyl (C=O) groups is 4. The molecule has 0 aliphatic carbocycles. The topological polar surface area (TPSA) is 106 Å². The molecule has 1 fully saturated rings. The zero-order valence-electron chi connectivity index (χ0n) is 18.0. The van der Waals surface area contributed by atoms with E-state index in [4.69, 9.17) is 9.47 Å². The zero-order valence-corrected chi connectivity index (χ0v) is 18.0. The summed E-state index contributed by atoms with van der Waals surface area (Å²) in [7, 11) is 0. The maximum Gasteiger partial charge on any atom is 0.338 e. The van der Waals surface area contributed by atoms with Crippen molar-refractivity contribution in [1.82, 2.24) is 9.88 Å². The summed E-state index contributed by atoms with van der Waals surface area (Å²) in [6.07, 6.45) is 2.11. The number of fused-ring (bicyclic) bond motifs is 2. The first kappa shape index (κ1) is 21.1. The number of para-hydroxylation sites is 1. The summed E-state index contributed by atoms with van der Waals surface area (Å²) in [5, 5.41) is 0.748. The molecule has 33 heavy (non-hydrogen) atoms. The van der Waals surface area contributed by atoms with E-state index in [1.807, 2.05) is 24.3 Å². The van der Waals surface area contributed by atoms with Crippen LogP contribution in [0, 0.1) is 0 Å². The van der Waals surface area contributed by atoms with E-state index in [2.05, 4.69) is 4.98 Å². The average molecular weight is 446 g/mol. The first-order valence-corrected chi connectivity index (χ1v) is 10.9. The van der Waals surface area contributed by atoms with Gasteiger partial charge < -0.3 is 14.5 Å². The molecule has 0 radical (unpaired) electrons. The molecular formula is C25H22N2O6. The van der Waals surface area contributed by atoms with E-state index in [0.717, 1.165) is 23.7 Å². The molecule has 5 rings (SSSR count). The molecule has 2 aliphatic heterocycles. The van der Waals surface area contributed by atoms with Crippen LogP contribution in [0.3, 0.4) is 0 Å². The summed E-state index contributed by atoms with van der Waals surface area (Å²) in [5.41, 5.74) is 1.76. The lowest BCUT2D eigenvalue weighted by Gasteiger charge is -2.17. The second kappa shape index (κ2) is 8.29. The Morgan fingerprint density at radius 2 is 1.94 bits per heavy atom. The van der Waals surface area contributed by atoms with Gasteiger partial charge in [-0.25, -0.2) is 4.79 Å². The molecule has 1 N–H and O–H groups in total. The minimum atomic E-state index is -1.03. The van der Waals surface area contributed by atoms with Gasteiger partial charge in [-0.2, -0.15) is 0 Å². The van der Waals surface area contributed by atoms with Gasteiger partial charge in [0.25, 0.3) is 11.8 Å². The molecule has 3 heterocycles. The average Bonchev–Trinajstić information content (AvgIpc) is 3.55. The van der Waals surface area contributed by atoms with Crippen molar-refractivity contribution >= 4 is 34.5 Å². The predicted octanol–water partition coefficient (Wildman–Crippen LogP) is 3.37. The fourth-order valence-corrected chi connectivity index (χ4v) is 4.35. The molecule has 8 nitrogen and oxygen atoms in total. The summed E-state index contributed by atoms with van der Waals surface area (Å²) < 4.78 is 10.9. The van der Waals surface area contributed by atoms with Crippen LogP contribution in [0.15, 0.2) is 48.7 Å². The maximum atomic E-state index is 12.9. The van der Waals surface area contributed by atoms with E-state index < -0.39 is 23.9 Å². The third-order valence-electron chi connectivity index (χ3n) is 6.12. The molecule has 8 heteroatoms. The van der Waals surface area contributed by atoms with Gasteiger partial charge in [-0.15, -0.1) is 0 Å². The SMILES string of the molecule is CC(OC(=O)c1ccc2c(c1)C(=O)N(CC1CCCO1)C2=O)C(=O)c1c[nH]c2ccccc12. The number of benzene rings is 2. The number of rotatable bonds is 6. The number of esters is 1. The van der Waals surface area contributed by atoms with Crippen LogP contribution in [0.2, 0.25) is 0 Å². The molecule has 1 aromatic heterocycles. The zero-order chi connectivity index (χ0) is 23.1. The molecule has 0 saturated carbocycles. The van der Waals surface area contributed by atoms with Gasteiger partial charge in [0.15, 0.2) is 6.10 Å². The second-order valence-electron chi connectivity index (χ2n) is 8.28. The summed E-state index contributed by atoms with van der Waals surface area (Å²) in [5.74, 6) is -1.93. The van der Waals surface area contributed by atoms with Crippen LogP contribution in [0.5, 0.6) is 0 Å². The van der Waals surface area contributed by atoms with Gasteiger partial charge in [0.05, 0.1) is 29.3 Å². The highest BCUT2D eigenvalue weighted by molar-refractivity contribution is 6.22. The highest BCUT2D eigenvalue weighted by Crippen LogP contribution is 2.27. The second-order valence-corrected chi connectivity index (χ2v) is 8.28. The van der Waals surface area contributed by atoms with Crippen LogP contribution >= 0.6 is 0 Å². The highest BCUT2D eigenvalue weighted by atomic mass is 16.5. The molecule has 2 amide bonds. The third kappa shape index (κ3) is 3.72. The maximum absolute atomic E-state index is 12.9. The number of hydrogen-bond donors (Lipinski definition) is 1. The van der Waals surface area contributed by atoms with E-state index >= 15 is 0 Å². The fraction of sp³-hybridized carbons (Fsp3) is 0.280. The van der Waals surface area contributed by atoms with Crippen LogP contribution in [0.4, 0.5) is 0 Å². The van der Waals surface area contributed by atoms with Gasteiger partial charge in [-0.05, 0) is 44.0 Å². The number of nitrogens with one attached hydrogen (secondary N) is 1. The van der Waals surface area contributed by atoms with E-state index in [0.29, 0.717) is 12.2 Å². The molecule has 0 spiro atoms. The lowest BCUT2D eigenvalue weighted by molar-refractivity contribution is 0.0319. The lowest BCUT2D eigenvalue weighted by Crippen LogP contribution is -2.36. The van der Waals surface area contributed by atoms with Crippen LogP contribution in [-0.2, 0) is 9.47 Å². The summed E-state index contributed by atoms with van der Waals surface area (Å²) >= 11 is 0. The lowest BCUT2D eigenvalue weighted by atomic mass is 10.0. The van der Waals surface area contributed by atoms with Crippen molar-refractivity contribution in [3.63, 3.8) is 0 Å². The molecular weight excluding hydrogens is 424 g/mol. The van der Waals surface area contributed by atoms with Crippen molar-refractivity contribution in [2.75, 3.05) is 13.2 Å². The Labute approximate surface area is 189 Å². The minimum absolute atomic E-state index is 0.104. The van der Waals surface area contributed by atoms with Crippen LogP contribution in [0.1, 0.15) is 61.2 Å². The highest BCUT2D eigenvalue weighted by Gasteiger charge is 2.38. The Morgan fingerprint density at radius 1 is 1.15 bits per heavy atom. The first-order valence-electron chi connectivity index (χ1n) is 10.9. The number of carbonyl (C=O) groups excluding carboxylic acids is 4. The van der Waals surface area contributed by atoms with E-state index in [-0.39, 0.29) is 35.1 Å². The molecule has 3 aromatic rings. The van der Waals surface area contributed by atoms with Crippen LogP contribution in [-0.4, -0.2) is 58.8 Å². The summed E-state index contributed by atoms with van der Waals surface area (Å²) in [4.78, 5) is 55.3. The molecule has 2 aliphatic rings. The number of Topliss-reactive ketones (excluding diaryl/α,β-unsaturated/α-hetero) is 1. The van der Waals surface area contributed by atoms with Crippen molar-refractivity contribution in [3.05, 3.63) is 70.9 Å². The van der Waals surface area contributed by atoms with E-state index in [1.54, 1.807) is 6.20 Å². The third-order valence-corrected chi connectivity index (χ3v) is 6.12. The van der Waals surface area contributed by atoms with Crippen molar-refractivity contribution in [2.24, 2.45) is 0 Å². The minimum Gasteiger partial charge on any atom is -0.451 e. The van der Waals surface area contributed by atoms with Gasteiger partial charge in [-0.3, -0.25) is 19.3 Å². The van der Waals surface area contributed by atoms with Crippen LogP contribution < -0.4 is 0 Å². The monoisotopic (exact) mass is 446 g/mol. The normalized spacial score (nSPS) is 18.6. The molecule has 0 bridgehead atoms. The Morgan fingerprint density at radius 3 is 2.73 bits per heavy atom. The Hall–Kier alpha value is -3.78. The summed E-state index contributed by atoms with van der Waals surface area (Å²) in [6.45, 7) is 2.33. The Kier molecular flexibility index (Phi) is 5.30. The first-order chi connectivity index (χ1) is 15.9. The smallest absolute Gasteiger partial charge is 0.338 e. The van der Waals surface area contributed by atoms with Crippen molar-refractivity contribution in [1.29, 1.82) is 0 Å². The number of hydrogen-bond acceptors (Lipinski definition) is 6. The van der Waals surface area contributed by atoms with Crippen molar-refractivity contribution < 1.29 is 28.7 Å². The van der Waals surface area contributed by atoms with Gasteiger partial charge in [-0.1, -0.05) is 18.2 Å². The molecule has 1 saturated heterocycles. The number of nitrogens with zero attached hydrogens (tertiary/aromatic N) is 1. The quantitative estimate of drug-likeness (QED) is 0.354. The molecule has 2 unspecified atom stereocenters. The van der Waals surface area contributed by atoms with Gasteiger partial charge in [0.2, 0.25) is 5.78 Å². The Bertz CT molecular complexity index is 1290. The van der Waals surface area contributed by atoms with Crippen LogP contribution in [0.25, 0.3) is 10.9 Å². The molecule has 2 aromatic carbocycles. The Balaban J connectivity index is 1.31. The fourth-order valence-electron chi connectivity index (χ4n) is 4.35. The number of H-pyrrole nitrogens is 1. The van der Waals surface area contributed by atoms with Gasteiger partial charge in [0, 0.05) is 29.3 Å². The standard InChI is InChI=1S/C25H22N2O6/c1-14(22(28)20-12-26-21-7-3-2-6-17(20)21)33-25(31)15-8-9-18-19(11-15)24(30)27(23(18)29)13-16-5-4-10-32-16/h2-3,6-9,11-12,14,16,26H,4-5,10,13H2,1H3. The van der Waals surface area contributed by atoms with E-state index in [1.165, 1.54) is 30.0 Å². The van der Waals surface area contributed by atoms with Gasteiger partial charge >= 0.3 is 5.97 Å². The molecule has 2 atom stereocenters. The van der Waals surface area contributed by atoms with Crippen molar-refractivity contribution in [3.8, 4) is 0 Å². The predicted molar refractivity (Wildman–Crippen MR) is 118 cm³/mol. The largest absolute Gasteiger partial charge is 0.451 e. The van der Waals surface area contributed by atoms with Gasteiger partial charge in [0.1, 0.15) is 0 Å². The van der Waals surface area contributed by atoms with Crippen molar-refractivity contribution in [2.45, 2.75) is 32.0 Å². The number of aromatic nitrogens is 1. The molecule has 168 valence electrons. The number of ether oxygens (including phenoxy) is 2. The summed E-state index contributed by atoms with van der Waals surface area (Å²) in [6, 6.07) is 11.6. The number of aromatic amines is 1. The number of imide groups is 1. The number of ketones is 1.